The largest absolute Gasteiger partial charge is 0.495 e. The molecule has 2 unspecified atom stereocenters. The first kappa shape index (κ1) is 31.3. The number of methoxy groups -OCH3 is 1. The zero-order valence-electron chi connectivity index (χ0n) is 24.3. The molecule has 5 N–H and O–H groups in total. The standard InChI is InChI=1S/C29H38ClN7O4S/c1-5-15-42(39,40)24-12-7-6-11-22(24)33-27-25(30)26(31)35-29(36-27)34-21-14-13-18(16-23(21)41-4)28(38)32-19-9-8-10-20(17-19)37(2)3/h6-7,11-14,16,19-20H,5,8-10,15,17H2,1-4H3,(H,32,38)(H4,31,33,34,35,36). The van der Waals surface area contributed by atoms with Gasteiger partial charge in [-0.3, -0.25) is 4.79 Å². The summed E-state index contributed by atoms with van der Waals surface area (Å²) in [5.41, 5.74) is 7.37. The lowest BCUT2D eigenvalue weighted by Gasteiger charge is -2.33. The quantitative estimate of drug-likeness (QED) is 0.232. The molecule has 42 heavy (non-hydrogen) atoms. The highest BCUT2D eigenvalue weighted by Gasteiger charge is 2.25. The minimum atomic E-state index is -3.53. The zero-order chi connectivity index (χ0) is 30.4. The molecule has 1 aliphatic rings. The predicted octanol–water partition coefficient (Wildman–Crippen LogP) is 4.99. The van der Waals surface area contributed by atoms with Crippen LogP contribution < -0.4 is 26.4 Å². The highest BCUT2D eigenvalue weighted by atomic mass is 35.5. The van der Waals surface area contributed by atoms with Gasteiger partial charge in [0.25, 0.3) is 5.91 Å². The average molecular weight is 616 g/mol. The fourth-order valence-corrected chi connectivity index (χ4v) is 6.67. The minimum absolute atomic E-state index is 0.00319. The smallest absolute Gasteiger partial charge is 0.251 e. The number of carbonyl (C=O) groups excluding carboxylic acids is 1. The zero-order valence-corrected chi connectivity index (χ0v) is 25.8. The number of anilines is 5. The number of aromatic nitrogens is 2. The SMILES string of the molecule is CCCS(=O)(=O)c1ccccc1Nc1nc(Nc2ccc(C(=O)NC3CCCC(N(C)C)C3)cc2OC)nc(N)c1Cl. The van der Waals surface area contributed by atoms with Crippen LogP contribution in [0.1, 0.15) is 49.4 Å². The number of ether oxygens (including phenoxy) is 1. The molecule has 11 nitrogen and oxygen atoms in total. The molecule has 1 aromatic heterocycles. The molecule has 0 bridgehead atoms. The first-order chi connectivity index (χ1) is 20.0. The van der Waals surface area contributed by atoms with E-state index in [1.807, 2.05) is 0 Å². The summed E-state index contributed by atoms with van der Waals surface area (Å²) < 4.78 is 31.2. The fraction of sp³-hybridized carbons (Fsp3) is 0.414. The van der Waals surface area contributed by atoms with E-state index in [9.17, 15) is 13.2 Å². The van der Waals surface area contributed by atoms with Crippen molar-refractivity contribution in [3.05, 3.63) is 53.1 Å². The summed E-state index contributed by atoms with van der Waals surface area (Å²) >= 11 is 6.40. The molecule has 2 aromatic carbocycles. The second-order valence-corrected chi connectivity index (χ2v) is 13.0. The maximum absolute atomic E-state index is 13.1. The summed E-state index contributed by atoms with van der Waals surface area (Å²) in [6, 6.07) is 12.1. The molecule has 1 fully saturated rings. The van der Waals surface area contributed by atoms with Crippen LogP contribution in [0.5, 0.6) is 5.75 Å². The Kier molecular flexibility index (Phi) is 10.1. The van der Waals surface area contributed by atoms with Crippen molar-refractivity contribution in [3.63, 3.8) is 0 Å². The highest BCUT2D eigenvalue weighted by molar-refractivity contribution is 7.91. The van der Waals surface area contributed by atoms with Gasteiger partial charge in [-0.15, -0.1) is 0 Å². The van der Waals surface area contributed by atoms with Crippen LogP contribution in [0, 0.1) is 0 Å². The van der Waals surface area contributed by atoms with Gasteiger partial charge in [0.15, 0.2) is 15.7 Å². The van der Waals surface area contributed by atoms with Gasteiger partial charge >= 0.3 is 0 Å². The van der Waals surface area contributed by atoms with Crippen LogP contribution >= 0.6 is 11.6 Å². The molecule has 0 aliphatic heterocycles. The van der Waals surface area contributed by atoms with Crippen molar-refractivity contribution in [2.75, 3.05) is 43.3 Å². The van der Waals surface area contributed by atoms with E-state index in [0.29, 0.717) is 35.2 Å². The van der Waals surface area contributed by atoms with Gasteiger partial charge in [0, 0.05) is 17.6 Å². The Morgan fingerprint density at radius 3 is 2.60 bits per heavy atom. The molecule has 1 saturated carbocycles. The molecule has 226 valence electrons. The van der Waals surface area contributed by atoms with Crippen LogP contribution in [0.2, 0.25) is 5.02 Å². The van der Waals surface area contributed by atoms with Gasteiger partial charge in [-0.25, -0.2) is 8.42 Å². The van der Waals surface area contributed by atoms with Crippen molar-refractivity contribution in [2.45, 2.75) is 56.0 Å². The molecule has 0 saturated heterocycles. The van der Waals surface area contributed by atoms with E-state index in [1.54, 1.807) is 43.3 Å². The monoisotopic (exact) mass is 615 g/mol. The summed E-state index contributed by atoms with van der Waals surface area (Å²) in [5.74, 6) is 0.456. The summed E-state index contributed by atoms with van der Waals surface area (Å²) in [6.45, 7) is 1.80. The van der Waals surface area contributed by atoms with Crippen molar-refractivity contribution in [1.82, 2.24) is 20.2 Å². The van der Waals surface area contributed by atoms with E-state index < -0.39 is 9.84 Å². The molecule has 1 heterocycles. The first-order valence-corrected chi connectivity index (χ1v) is 15.9. The average Bonchev–Trinajstić information content (AvgIpc) is 2.96. The number of para-hydroxylation sites is 1. The second-order valence-electron chi connectivity index (χ2n) is 10.5. The number of nitrogens with two attached hydrogens (primary N) is 1. The van der Waals surface area contributed by atoms with Crippen LogP contribution in [0.3, 0.4) is 0 Å². The lowest BCUT2D eigenvalue weighted by Crippen LogP contribution is -2.43. The molecule has 2 atom stereocenters. The first-order valence-electron chi connectivity index (χ1n) is 13.9. The Labute approximate surface area is 252 Å². The molecule has 1 amide bonds. The van der Waals surface area contributed by atoms with Crippen molar-refractivity contribution in [3.8, 4) is 5.75 Å². The number of sulfone groups is 1. The predicted molar refractivity (Wildman–Crippen MR) is 167 cm³/mol. The molecule has 0 radical (unpaired) electrons. The number of benzene rings is 2. The number of nitrogens with zero attached hydrogens (tertiary/aromatic N) is 3. The van der Waals surface area contributed by atoms with Gasteiger partial charge in [0.2, 0.25) is 5.95 Å². The van der Waals surface area contributed by atoms with E-state index in [-0.39, 0.29) is 45.2 Å². The van der Waals surface area contributed by atoms with Gasteiger partial charge < -0.3 is 31.3 Å². The Morgan fingerprint density at radius 2 is 1.88 bits per heavy atom. The van der Waals surface area contributed by atoms with Gasteiger partial charge in [-0.2, -0.15) is 9.97 Å². The van der Waals surface area contributed by atoms with E-state index in [4.69, 9.17) is 22.1 Å². The number of nitrogens with one attached hydrogen (secondary N) is 3. The number of rotatable bonds is 11. The third kappa shape index (κ3) is 7.42. The number of halogens is 1. The van der Waals surface area contributed by atoms with Crippen LogP contribution in [-0.2, 0) is 9.84 Å². The second kappa shape index (κ2) is 13.6. The Morgan fingerprint density at radius 1 is 1.12 bits per heavy atom. The lowest BCUT2D eigenvalue weighted by atomic mass is 9.90. The highest BCUT2D eigenvalue weighted by Crippen LogP contribution is 2.34. The van der Waals surface area contributed by atoms with Gasteiger partial charge in [-0.05, 0) is 76.5 Å². The number of nitrogen functional groups attached to an aromatic ring is 1. The number of amides is 1. The van der Waals surface area contributed by atoms with E-state index in [2.05, 4.69) is 44.9 Å². The molecule has 13 heteroatoms. The maximum atomic E-state index is 13.1. The normalized spacial score (nSPS) is 17.1. The van der Waals surface area contributed by atoms with Gasteiger partial charge in [0.1, 0.15) is 16.6 Å². The molecule has 3 aromatic rings. The molecule has 1 aliphatic carbocycles. The topological polar surface area (TPSA) is 152 Å². The summed E-state index contributed by atoms with van der Waals surface area (Å²) in [5, 5.41) is 9.27. The van der Waals surface area contributed by atoms with Gasteiger partial charge in [-0.1, -0.05) is 30.7 Å². The van der Waals surface area contributed by atoms with Crippen molar-refractivity contribution in [1.29, 1.82) is 0 Å². The Hall–Kier alpha value is -3.61. The van der Waals surface area contributed by atoms with E-state index in [1.165, 1.54) is 13.2 Å². The van der Waals surface area contributed by atoms with Crippen LogP contribution in [-0.4, -0.2) is 68.2 Å². The van der Waals surface area contributed by atoms with Crippen molar-refractivity contribution >= 4 is 56.3 Å². The summed E-state index contributed by atoms with van der Waals surface area (Å²) in [4.78, 5) is 24.1. The maximum Gasteiger partial charge on any atom is 0.251 e. The van der Waals surface area contributed by atoms with Crippen molar-refractivity contribution < 1.29 is 17.9 Å². The minimum Gasteiger partial charge on any atom is -0.495 e. The summed E-state index contributed by atoms with van der Waals surface area (Å²) in [7, 11) is 2.11. The van der Waals surface area contributed by atoms with E-state index >= 15 is 0 Å². The van der Waals surface area contributed by atoms with Crippen LogP contribution in [0.25, 0.3) is 0 Å². The third-order valence-electron chi connectivity index (χ3n) is 7.25. The fourth-order valence-electron chi connectivity index (χ4n) is 5.04. The molecule has 4 rings (SSSR count). The number of hydrogen-bond acceptors (Lipinski definition) is 10. The number of hydrogen-bond donors (Lipinski definition) is 4. The van der Waals surface area contributed by atoms with E-state index in [0.717, 1.165) is 25.7 Å². The Bertz CT molecular complexity index is 1530. The molecule has 0 spiro atoms. The molecular weight excluding hydrogens is 578 g/mol. The van der Waals surface area contributed by atoms with Crippen molar-refractivity contribution in [2.24, 2.45) is 0 Å². The summed E-state index contributed by atoms with van der Waals surface area (Å²) in [6.07, 6.45) is 4.54. The molecular formula is C29H38ClN7O4S. The van der Waals surface area contributed by atoms with Crippen LogP contribution in [0.4, 0.5) is 29.0 Å². The third-order valence-corrected chi connectivity index (χ3v) is 9.59. The van der Waals surface area contributed by atoms with Crippen LogP contribution in [0.15, 0.2) is 47.4 Å². The lowest BCUT2D eigenvalue weighted by molar-refractivity contribution is 0.0910. The Balaban J connectivity index is 1.54. The van der Waals surface area contributed by atoms with Gasteiger partial charge in [0.05, 0.1) is 29.1 Å². The number of carbonyl (C=O) groups is 1.